The van der Waals surface area contributed by atoms with E-state index in [9.17, 15) is 0 Å². The minimum absolute atomic E-state index is 0.622. The third kappa shape index (κ3) is 6.75. The third-order valence-electron chi connectivity index (χ3n) is 5.55. The summed E-state index contributed by atoms with van der Waals surface area (Å²) in [5.41, 5.74) is 5.33. The van der Waals surface area contributed by atoms with E-state index in [4.69, 9.17) is 4.74 Å². The standard InChI is InChI=1S/C24H32INOS/c1-19(28-2)16-21-6-7-22(20-8-10-24(25)11-9-20)17-23(21)18-27-15-14-26-12-4-3-5-13-26/h6-11,17,19H,3-5,12-16,18H2,1-2H3. The summed E-state index contributed by atoms with van der Waals surface area (Å²) in [6.45, 7) is 7.38. The molecule has 152 valence electrons. The second-order valence-corrected chi connectivity index (χ2v) is 10.2. The fourth-order valence-electron chi connectivity index (χ4n) is 3.73. The quantitative estimate of drug-likeness (QED) is 0.293. The number of likely N-dealkylation sites (tertiary alicyclic amines) is 1. The molecule has 4 heteroatoms. The fourth-order valence-corrected chi connectivity index (χ4v) is 4.44. The van der Waals surface area contributed by atoms with Crippen molar-refractivity contribution in [2.24, 2.45) is 0 Å². The fraction of sp³-hybridized carbons (Fsp3) is 0.500. The highest BCUT2D eigenvalue weighted by Crippen LogP contribution is 2.26. The van der Waals surface area contributed by atoms with E-state index in [0.717, 1.165) is 19.6 Å². The lowest BCUT2D eigenvalue weighted by molar-refractivity contribution is 0.0860. The van der Waals surface area contributed by atoms with Gasteiger partial charge in [-0.2, -0.15) is 11.8 Å². The molecule has 0 radical (unpaired) electrons. The molecule has 0 saturated carbocycles. The number of nitrogens with zero attached hydrogens (tertiary/aromatic N) is 1. The zero-order valence-electron chi connectivity index (χ0n) is 17.1. The van der Waals surface area contributed by atoms with Crippen LogP contribution >= 0.6 is 34.4 Å². The molecule has 2 aromatic rings. The molecule has 1 saturated heterocycles. The lowest BCUT2D eigenvalue weighted by atomic mass is 9.97. The number of hydrogen-bond donors (Lipinski definition) is 0. The molecule has 1 atom stereocenters. The molecule has 0 aromatic heterocycles. The van der Waals surface area contributed by atoms with Gasteiger partial charge in [0.25, 0.3) is 0 Å². The average Bonchev–Trinajstić information content (AvgIpc) is 2.73. The topological polar surface area (TPSA) is 12.5 Å². The van der Waals surface area contributed by atoms with Crippen molar-refractivity contribution < 1.29 is 4.74 Å². The minimum Gasteiger partial charge on any atom is -0.375 e. The number of ether oxygens (including phenoxy) is 1. The van der Waals surface area contributed by atoms with Crippen LogP contribution in [0.1, 0.15) is 37.3 Å². The van der Waals surface area contributed by atoms with Crippen molar-refractivity contribution in [2.75, 3.05) is 32.5 Å². The average molecular weight is 509 g/mol. The zero-order chi connectivity index (χ0) is 19.8. The molecule has 1 fully saturated rings. The van der Waals surface area contributed by atoms with E-state index in [1.54, 1.807) is 0 Å². The van der Waals surface area contributed by atoms with Gasteiger partial charge in [0.2, 0.25) is 0 Å². The first-order valence-corrected chi connectivity index (χ1v) is 12.7. The lowest BCUT2D eigenvalue weighted by Gasteiger charge is -2.26. The highest BCUT2D eigenvalue weighted by atomic mass is 127. The Morgan fingerprint density at radius 2 is 1.71 bits per heavy atom. The van der Waals surface area contributed by atoms with Crippen molar-refractivity contribution in [3.05, 3.63) is 57.2 Å². The lowest BCUT2D eigenvalue weighted by Crippen LogP contribution is -2.32. The Morgan fingerprint density at radius 3 is 2.43 bits per heavy atom. The monoisotopic (exact) mass is 509 g/mol. The summed E-state index contributed by atoms with van der Waals surface area (Å²) >= 11 is 4.29. The molecule has 0 N–H and O–H groups in total. The summed E-state index contributed by atoms with van der Waals surface area (Å²) in [6.07, 6.45) is 7.36. The van der Waals surface area contributed by atoms with E-state index >= 15 is 0 Å². The summed E-state index contributed by atoms with van der Waals surface area (Å²) in [4.78, 5) is 2.54. The molecule has 0 amide bonds. The molecule has 1 unspecified atom stereocenters. The van der Waals surface area contributed by atoms with Gasteiger partial charge in [-0.05, 0) is 102 Å². The van der Waals surface area contributed by atoms with Gasteiger partial charge in [-0.15, -0.1) is 0 Å². The summed E-state index contributed by atoms with van der Waals surface area (Å²) in [7, 11) is 0. The summed E-state index contributed by atoms with van der Waals surface area (Å²) in [5.74, 6) is 0. The van der Waals surface area contributed by atoms with E-state index in [0.29, 0.717) is 11.9 Å². The van der Waals surface area contributed by atoms with Gasteiger partial charge in [0.15, 0.2) is 0 Å². The maximum atomic E-state index is 6.14. The summed E-state index contributed by atoms with van der Waals surface area (Å²) in [5, 5.41) is 0.622. The van der Waals surface area contributed by atoms with E-state index in [2.05, 4.69) is 83.1 Å². The minimum atomic E-state index is 0.622. The normalized spacial score (nSPS) is 16.2. The molecule has 3 rings (SSSR count). The van der Waals surface area contributed by atoms with Gasteiger partial charge in [0.1, 0.15) is 0 Å². The second-order valence-electron chi connectivity index (χ2n) is 7.70. The van der Waals surface area contributed by atoms with Crippen LogP contribution in [0.3, 0.4) is 0 Å². The number of benzene rings is 2. The van der Waals surface area contributed by atoms with Crippen LogP contribution in [0.2, 0.25) is 0 Å². The highest BCUT2D eigenvalue weighted by molar-refractivity contribution is 14.1. The van der Waals surface area contributed by atoms with Crippen LogP contribution in [0.5, 0.6) is 0 Å². The predicted molar refractivity (Wildman–Crippen MR) is 131 cm³/mol. The first-order chi connectivity index (χ1) is 13.7. The molecule has 28 heavy (non-hydrogen) atoms. The van der Waals surface area contributed by atoms with Crippen molar-refractivity contribution in [1.29, 1.82) is 0 Å². The van der Waals surface area contributed by atoms with Crippen molar-refractivity contribution >= 4 is 34.4 Å². The zero-order valence-corrected chi connectivity index (χ0v) is 20.1. The SMILES string of the molecule is CSC(C)Cc1ccc(-c2ccc(I)cc2)cc1COCCN1CCCCC1. The molecular formula is C24H32INOS. The highest BCUT2D eigenvalue weighted by Gasteiger charge is 2.12. The number of piperidine rings is 1. The van der Waals surface area contributed by atoms with Crippen LogP contribution in [0, 0.1) is 3.57 Å². The van der Waals surface area contributed by atoms with Gasteiger partial charge in [-0.3, -0.25) is 0 Å². The van der Waals surface area contributed by atoms with Crippen LogP contribution in [0.15, 0.2) is 42.5 Å². The number of rotatable bonds is 9. The Labute approximate surface area is 188 Å². The smallest absolute Gasteiger partial charge is 0.0720 e. The molecule has 1 aliphatic rings. The number of thioether (sulfide) groups is 1. The molecular weight excluding hydrogens is 477 g/mol. The van der Waals surface area contributed by atoms with Crippen LogP contribution in [0.4, 0.5) is 0 Å². The van der Waals surface area contributed by atoms with Crippen LogP contribution < -0.4 is 0 Å². The van der Waals surface area contributed by atoms with Crippen molar-refractivity contribution in [2.45, 2.75) is 44.5 Å². The molecule has 0 bridgehead atoms. The molecule has 2 aromatic carbocycles. The largest absolute Gasteiger partial charge is 0.375 e. The van der Waals surface area contributed by atoms with Crippen molar-refractivity contribution in [1.82, 2.24) is 4.90 Å². The van der Waals surface area contributed by atoms with Gasteiger partial charge < -0.3 is 9.64 Å². The molecule has 1 aliphatic heterocycles. The van der Waals surface area contributed by atoms with E-state index in [1.165, 1.54) is 58.2 Å². The van der Waals surface area contributed by atoms with Crippen LogP contribution in [-0.2, 0) is 17.8 Å². The Bertz CT molecular complexity index is 728. The number of halogens is 1. The predicted octanol–water partition coefficient (Wildman–Crippen LogP) is 6.25. The Morgan fingerprint density at radius 1 is 1.00 bits per heavy atom. The van der Waals surface area contributed by atoms with E-state index < -0.39 is 0 Å². The second kappa shape index (κ2) is 11.6. The Kier molecular flexibility index (Phi) is 9.15. The first-order valence-electron chi connectivity index (χ1n) is 10.4. The van der Waals surface area contributed by atoms with Gasteiger partial charge in [0.05, 0.1) is 13.2 Å². The Balaban J connectivity index is 1.67. The van der Waals surface area contributed by atoms with E-state index in [-0.39, 0.29) is 0 Å². The van der Waals surface area contributed by atoms with Gasteiger partial charge in [-0.1, -0.05) is 37.6 Å². The van der Waals surface area contributed by atoms with Crippen LogP contribution in [-0.4, -0.2) is 42.6 Å². The molecule has 0 aliphatic carbocycles. The van der Waals surface area contributed by atoms with Gasteiger partial charge in [0, 0.05) is 15.4 Å². The maximum absolute atomic E-state index is 6.14. The molecule has 1 heterocycles. The molecule has 0 spiro atoms. The van der Waals surface area contributed by atoms with Gasteiger partial charge >= 0.3 is 0 Å². The van der Waals surface area contributed by atoms with Crippen molar-refractivity contribution in [3.63, 3.8) is 0 Å². The summed E-state index contributed by atoms with van der Waals surface area (Å²) < 4.78 is 7.41. The summed E-state index contributed by atoms with van der Waals surface area (Å²) in [6, 6.07) is 15.7. The maximum Gasteiger partial charge on any atom is 0.0720 e. The first kappa shape index (κ1) is 22.1. The number of hydrogen-bond acceptors (Lipinski definition) is 3. The Hall–Kier alpha value is -0.560. The third-order valence-corrected chi connectivity index (χ3v) is 7.24. The van der Waals surface area contributed by atoms with Crippen LogP contribution in [0.25, 0.3) is 11.1 Å². The van der Waals surface area contributed by atoms with E-state index in [1.807, 2.05) is 11.8 Å². The van der Waals surface area contributed by atoms with Gasteiger partial charge in [-0.25, -0.2) is 0 Å². The molecule has 2 nitrogen and oxygen atoms in total. The van der Waals surface area contributed by atoms with Crippen molar-refractivity contribution in [3.8, 4) is 11.1 Å².